The maximum Gasteiger partial charge on any atom is 0.229 e. The normalized spacial score (nSPS) is 10.1. The third kappa shape index (κ3) is 4.88. The van der Waals surface area contributed by atoms with E-state index in [0.717, 1.165) is 11.4 Å². The van der Waals surface area contributed by atoms with E-state index in [-0.39, 0.29) is 5.91 Å². The van der Waals surface area contributed by atoms with Crippen molar-refractivity contribution in [3.05, 3.63) is 54.7 Å². The molecule has 1 amide bonds. The summed E-state index contributed by atoms with van der Waals surface area (Å²) in [5.41, 5.74) is 2.20. The number of anilines is 5. The Labute approximate surface area is 162 Å². The second-order valence-corrected chi connectivity index (χ2v) is 5.84. The molecule has 0 saturated carbocycles. The Morgan fingerprint density at radius 1 is 0.964 bits per heavy atom. The number of carbonyl (C=O) groups is 1. The molecular weight excluding hydrogens is 358 g/mol. The summed E-state index contributed by atoms with van der Waals surface area (Å²) in [5, 5.41) is 9.08. The Kier molecular flexibility index (Phi) is 5.91. The minimum absolute atomic E-state index is 0.131. The van der Waals surface area contributed by atoms with E-state index in [4.69, 9.17) is 9.47 Å². The van der Waals surface area contributed by atoms with Gasteiger partial charge in [-0.1, -0.05) is 6.07 Å². The van der Waals surface area contributed by atoms with Crippen LogP contribution >= 0.6 is 0 Å². The first-order valence-electron chi connectivity index (χ1n) is 8.54. The van der Waals surface area contributed by atoms with Crippen LogP contribution in [0, 0.1) is 0 Å². The summed E-state index contributed by atoms with van der Waals surface area (Å²) in [4.78, 5) is 19.9. The van der Waals surface area contributed by atoms with Crippen LogP contribution in [0.4, 0.5) is 28.8 Å². The number of ether oxygens (including phenoxy) is 2. The van der Waals surface area contributed by atoms with Crippen molar-refractivity contribution < 1.29 is 14.3 Å². The number of hydrogen-bond donors (Lipinski definition) is 3. The highest BCUT2D eigenvalue weighted by atomic mass is 16.5. The summed E-state index contributed by atoms with van der Waals surface area (Å²) < 4.78 is 10.6. The van der Waals surface area contributed by atoms with Gasteiger partial charge in [0.25, 0.3) is 0 Å². The monoisotopic (exact) mass is 379 g/mol. The molecule has 1 heterocycles. The molecule has 0 fully saturated rings. The maximum atomic E-state index is 11.2. The van der Waals surface area contributed by atoms with Gasteiger partial charge in [-0.2, -0.15) is 4.98 Å². The number of benzene rings is 2. The molecule has 0 aliphatic heterocycles. The number of amides is 1. The fraction of sp³-hybridized carbons (Fsp3) is 0.150. The Bertz CT molecular complexity index is 978. The molecule has 8 heteroatoms. The third-order valence-electron chi connectivity index (χ3n) is 3.77. The van der Waals surface area contributed by atoms with Crippen LogP contribution in [0.2, 0.25) is 0 Å². The van der Waals surface area contributed by atoms with Gasteiger partial charge < -0.3 is 25.4 Å². The third-order valence-corrected chi connectivity index (χ3v) is 3.77. The lowest BCUT2D eigenvalue weighted by Gasteiger charge is -2.13. The van der Waals surface area contributed by atoms with Gasteiger partial charge in [-0.05, 0) is 36.4 Å². The first-order valence-corrected chi connectivity index (χ1v) is 8.54. The fourth-order valence-electron chi connectivity index (χ4n) is 2.54. The summed E-state index contributed by atoms with van der Waals surface area (Å²) in [6, 6.07) is 14.5. The zero-order valence-electron chi connectivity index (χ0n) is 15.8. The summed E-state index contributed by atoms with van der Waals surface area (Å²) >= 11 is 0. The van der Waals surface area contributed by atoms with Gasteiger partial charge >= 0.3 is 0 Å². The van der Waals surface area contributed by atoms with E-state index in [9.17, 15) is 4.79 Å². The van der Waals surface area contributed by atoms with Crippen molar-refractivity contribution in [3.63, 3.8) is 0 Å². The smallest absolute Gasteiger partial charge is 0.229 e. The molecule has 0 aliphatic rings. The van der Waals surface area contributed by atoms with Crippen LogP contribution in [0.15, 0.2) is 54.7 Å². The minimum Gasteiger partial charge on any atom is -0.497 e. The molecule has 144 valence electrons. The van der Waals surface area contributed by atoms with Gasteiger partial charge in [0, 0.05) is 30.6 Å². The van der Waals surface area contributed by atoms with E-state index < -0.39 is 0 Å². The van der Waals surface area contributed by atoms with E-state index in [1.165, 1.54) is 6.92 Å². The highest BCUT2D eigenvalue weighted by Gasteiger charge is 2.07. The van der Waals surface area contributed by atoms with Crippen molar-refractivity contribution in [1.82, 2.24) is 9.97 Å². The number of rotatable bonds is 7. The van der Waals surface area contributed by atoms with Gasteiger partial charge in [0.2, 0.25) is 11.9 Å². The SMILES string of the molecule is COc1ccc(Nc2ccnc(Nc3cccc(NC(C)=O)c3)n2)c(OC)c1. The van der Waals surface area contributed by atoms with E-state index in [1.54, 1.807) is 44.7 Å². The van der Waals surface area contributed by atoms with Gasteiger partial charge in [0.15, 0.2) is 0 Å². The maximum absolute atomic E-state index is 11.2. The Hall–Kier alpha value is -3.81. The second kappa shape index (κ2) is 8.72. The summed E-state index contributed by atoms with van der Waals surface area (Å²) in [7, 11) is 3.19. The number of aromatic nitrogens is 2. The number of methoxy groups -OCH3 is 2. The molecule has 0 unspecified atom stereocenters. The largest absolute Gasteiger partial charge is 0.497 e. The predicted molar refractivity (Wildman–Crippen MR) is 109 cm³/mol. The Morgan fingerprint density at radius 3 is 2.54 bits per heavy atom. The van der Waals surface area contributed by atoms with Crippen LogP contribution in [0.25, 0.3) is 0 Å². The van der Waals surface area contributed by atoms with E-state index in [2.05, 4.69) is 25.9 Å². The van der Waals surface area contributed by atoms with Crippen LogP contribution in [0.5, 0.6) is 11.5 Å². The van der Waals surface area contributed by atoms with Crippen LogP contribution in [0.3, 0.4) is 0 Å². The molecule has 2 aromatic carbocycles. The molecular formula is C20H21N5O3. The molecule has 0 radical (unpaired) electrons. The van der Waals surface area contributed by atoms with Crippen molar-refractivity contribution in [2.45, 2.75) is 6.92 Å². The molecule has 0 aliphatic carbocycles. The van der Waals surface area contributed by atoms with Crippen LogP contribution in [-0.2, 0) is 4.79 Å². The number of hydrogen-bond acceptors (Lipinski definition) is 7. The Morgan fingerprint density at radius 2 is 1.79 bits per heavy atom. The summed E-state index contributed by atoms with van der Waals surface area (Å²) in [5.74, 6) is 2.21. The molecule has 0 saturated heterocycles. The molecule has 3 aromatic rings. The second-order valence-electron chi connectivity index (χ2n) is 5.84. The van der Waals surface area contributed by atoms with Crippen LogP contribution < -0.4 is 25.4 Å². The molecule has 0 bridgehead atoms. The predicted octanol–water partition coefficient (Wildman–Crippen LogP) is 3.94. The standard InChI is InChI=1S/C20H21N5O3/c1-13(26)22-14-5-4-6-15(11-14)23-20-21-10-9-19(25-20)24-17-8-7-16(27-2)12-18(17)28-3/h4-12H,1-3H3,(H,22,26)(H2,21,23,24,25). The van der Waals surface area contributed by atoms with Crippen molar-refractivity contribution in [2.75, 3.05) is 30.2 Å². The van der Waals surface area contributed by atoms with E-state index >= 15 is 0 Å². The first kappa shape index (κ1) is 19.0. The molecule has 3 N–H and O–H groups in total. The van der Waals surface area contributed by atoms with E-state index in [1.807, 2.05) is 24.3 Å². The lowest BCUT2D eigenvalue weighted by molar-refractivity contribution is -0.114. The highest BCUT2D eigenvalue weighted by molar-refractivity contribution is 5.89. The van der Waals surface area contributed by atoms with Gasteiger partial charge in [0.1, 0.15) is 17.3 Å². The number of carbonyl (C=O) groups excluding carboxylic acids is 1. The van der Waals surface area contributed by atoms with Crippen molar-refractivity contribution in [1.29, 1.82) is 0 Å². The van der Waals surface area contributed by atoms with Gasteiger partial charge in [-0.3, -0.25) is 4.79 Å². The van der Waals surface area contributed by atoms with Crippen LogP contribution in [0.1, 0.15) is 6.92 Å². The number of nitrogens with one attached hydrogen (secondary N) is 3. The molecule has 28 heavy (non-hydrogen) atoms. The molecule has 0 atom stereocenters. The van der Waals surface area contributed by atoms with Gasteiger partial charge in [0.05, 0.1) is 19.9 Å². The lowest BCUT2D eigenvalue weighted by Crippen LogP contribution is -2.06. The van der Waals surface area contributed by atoms with Crippen molar-refractivity contribution >= 4 is 34.7 Å². The highest BCUT2D eigenvalue weighted by Crippen LogP contribution is 2.31. The van der Waals surface area contributed by atoms with E-state index in [0.29, 0.717) is 29.0 Å². The lowest BCUT2D eigenvalue weighted by atomic mass is 10.2. The minimum atomic E-state index is -0.131. The van der Waals surface area contributed by atoms with Crippen molar-refractivity contribution in [2.24, 2.45) is 0 Å². The number of nitrogens with zero attached hydrogens (tertiary/aromatic N) is 2. The van der Waals surface area contributed by atoms with Gasteiger partial charge in [-0.15, -0.1) is 0 Å². The zero-order valence-corrected chi connectivity index (χ0v) is 15.8. The molecule has 3 rings (SSSR count). The topological polar surface area (TPSA) is 97.4 Å². The first-order chi connectivity index (χ1) is 13.6. The summed E-state index contributed by atoms with van der Waals surface area (Å²) in [6.07, 6.45) is 1.64. The molecule has 8 nitrogen and oxygen atoms in total. The average Bonchev–Trinajstić information content (AvgIpc) is 2.68. The zero-order chi connectivity index (χ0) is 19.9. The molecule has 1 aromatic heterocycles. The average molecular weight is 379 g/mol. The summed E-state index contributed by atoms with van der Waals surface area (Å²) in [6.45, 7) is 1.46. The van der Waals surface area contributed by atoms with Crippen LogP contribution in [-0.4, -0.2) is 30.1 Å². The van der Waals surface area contributed by atoms with Gasteiger partial charge in [-0.25, -0.2) is 4.98 Å². The fourth-order valence-corrected chi connectivity index (χ4v) is 2.54. The molecule has 0 spiro atoms. The quantitative estimate of drug-likeness (QED) is 0.572. The Balaban J connectivity index is 1.77. The van der Waals surface area contributed by atoms with Crippen molar-refractivity contribution in [3.8, 4) is 11.5 Å².